The lowest BCUT2D eigenvalue weighted by atomic mass is 9.86. The maximum Gasteiger partial charge on any atom is 0.315 e. The molecule has 5 heteroatoms. The van der Waals surface area contributed by atoms with E-state index in [0.29, 0.717) is 12.0 Å². The highest BCUT2D eigenvalue weighted by atomic mass is 19.1. The first-order chi connectivity index (χ1) is 10.5. The van der Waals surface area contributed by atoms with Crippen LogP contribution in [0, 0.1) is 11.2 Å². The van der Waals surface area contributed by atoms with E-state index < -0.39 is 0 Å². The van der Waals surface area contributed by atoms with Crippen LogP contribution in [0.3, 0.4) is 0 Å². The standard InChI is InChI=1S/C17H23FN2O2/c1-17(10-21)9-3-6-15(17)20-16(22)19-14-8-7-11-12(14)4-2-5-13(11)18/h2,4-5,14-15,21H,3,6-10H2,1H3,(H2,19,20,22). The van der Waals surface area contributed by atoms with Gasteiger partial charge < -0.3 is 15.7 Å². The van der Waals surface area contributed by atoms with Crippen LogP contribution in [0.2, 0.25) is 0 Å². The number of carbonyl (C=O) groups excluding carboxylic acids is 1. The molecule has 1 aromatic carbocycles. The lowest BCUT2D eigenvalue weighted by molar-refractivity contribution is 0.120. The van der Waals surface area contributed by atoms with E-state index >= 15 is 0 Å². The smallest absolute Gasteiger partial charge is 0.315 e. The molecule has 2 aliphatic rings. The zero-order valence-corrected chi connectivity index (χ0v) is 12.9. The summed E-state index contributed by atoms with van der Waals surface area (Å²) in [4.78, 5) is 12.3. The van der Waals surface area contributed by atoms with Crippen molar-refractivity contribution in [3.05, 3.63) is 35.1 Å². The second-order valence-corrected chi connectivity index (χ2v) is 6.77. The van der Waals surface area contributed by atoms with Gasteiger partial charge in [-0.3, -0.25) is 0 Å². The van der Waals surface area contributed by atoms with E-state index in [4.69, 9.17) is 0 Å². The summed E-state index contributed by atoms with van der Waals surface area (Å²) in [5.74, 6) is -0.189. The first-order valence-corrected chi connectivity index (χ1v) is 7.99. The first-order valence-electron chi connectivity index (χ1n) is 7.99. The van der Waals surface area contributed by atoms with Gasteiger partial charge >= 0.3 is 6.03 Å². The molecule has 3 unspecified atom stereocenters. The molecule has 0 radical (unpaired) electrons. The van der Waals surface area contributed by atoms with Crippen LogP contribution in [0.4, 0.5) is 9.18 Å². The summed E-state index contributed by atoms with van der Waals surface area (Å²) in [6, 6.07) is 4.66. The fourth-order valence-corrected chi connectivity index (χ4v) is 3.79. The second kappa shape index (κ2) is 5.88. The average molecular weight is 306 g/mol. The van der Waals surface area contributed by atoms with Gasteiger partial charge in [0, 0.05) is 11.5 Å². The molecule has 0 spiro atoms. The molecule has 3 atom stereocenters. The molecule has 0 saturated heterocycles. The second-order valence-electron chi connectivity index (χ2n) is 6.77. The summed E-state index contributed by atoms with van der Waals surface area (Å²) in [7, 11) is 0. The summed E-state index contributed by atoms with van der Waals surface area (Å²) in [6.45, 7) is 2.08. The van der Waals surface area contributed by atoms with Gasteiger partial charge in [-0.15, -0.1) is 0 Å². The highest BCUT2D eigenvalue weighted by Gasteiger charge is 2.39. The maximum atomic E-state index is 13.7. The number of rotatable bonds is 3. The van der Waals surface area contributed by atoms with E-state index in [-0.39, 0.29) is 36.0 Å². The van der Waals surface area contributed by atoms with Crippen LogP contribution < -0.4 is 10.6 Å². The van der Waals surface area contributed by atoms with Gasteiger partial charge in [0.25, 0.3) is 0 Å². The van der Waals surface area contributed by atoms with Gasteiger partial charge in [0.1, 0.15) is 5.82 Å². The predicted molar refractivity (Wildman–Crippen MR) is 82.0 cm³/mol. The Bertz CT molecular complexity index is 578. The van der Waals surface area contributed by atoms with Gasteiger partial charge in [0.15, 0.2) is 0 Å². The Morgan fingerprint density at radius 1 is 1.41 bits per heavy atom. The molecule has 3 rings (SSSR count). The maximum absolute atomic E-state index is 13.7. The van der Waals surface area contributed by atoms with E-state index in [0.717, 1.165) is 31.2 Å². The third-order valence-electron chi connectivity index (χ3n) is 5.27. The fourth-order valence-electron chi connectivity index (χ4n) is 3.79. The number of nitrogens with one attached hydrogen (secondary N) is 2. The molecule has 0 heterocycles. The minimum atomic E-state index is -0.239. The minimum absolute atomic E-state index is 0.00844. The summed E-state index contributed by atoms with van der Waals surface area (Å²) in [5.41, 5.74) is 1.36. The molecule has 120 valence electrons. The van der Waals surface area contributed by atoms with E-state index in [9.17, 15) is 14.3 Å². The molecule has 2 amide bonds. The number of halogens is 1. The number of fused-ring (bicyclic) bond motifs is 1. The minimum Gasteiger partial charge on any atom is -0.396 e. The summed E-state index contributed by atoms with van der Waals surface area (Å²) < 4.78 is 13.7. The number of aliphatic hydroxyl groups excluding tert-OH is 1. The Balaban J connectivity index is 1.63. The molecule has 0 aliphatic heterocycles. The number of benzene rings is 1. The quantitative estimate of drug-likeness (QED) is 0.804. The number of amides is 2. The van der Waals surface area contributed by atoms with E-state index in [1.165, 1.54) is 6.07 Å². The Morgan fingerprint density at radius 3 is 3.00 bits per heavy atom. The number of carbonyl (C=O) groups is 1. The van der Waals surface area contributed by atoms with Crippen molar-refractivity contribution in [2.75, 3.05) is 6.61 Å². The molecular weight excluding hydrogens is 283 g/mol. The SMILES string of the molecule is CC1(CO)CCCC1NC(=O)NC1CCc2c(F)cccc21. The number of urea groups is 1. The molecule has 1 aromatic rings. The topological polar surface area (TPSA) is 61.4 Å². The van der Waals surface area contributed by atoms with Crippen LogP contribution in [0.1, 0.15) is 49.8 Å². The first kappa shape index (κ1) is 15.3. The van der Waals surface area contributed by atoms with Gasteiger partial charge in [0.05, 0.1) is 12.6 Å². The fraction of sp³-hybridized carbons (Fsp3) is 0.588. The summed E-state index contributed by atoms with van der Waals surface area (Å²) >= 11 is 0. The lowest BCUT2D eigenvalue weighted by Crippen LogP contribution is -2.49. The zero-order chi connectivity index (χ0) is 15.7. The van der Waals surface area contributed by atoms with Gasteiger partial charge in [-0.05, 0) is 42.9 Å². The monoisotopic (exact) mass is 306 g/mol. The van der Waals surface area contributed by atoms with Crippen LogP contribution in [0.15, 0.2) is 18.2 Å². The van der Waals surface area contributed by atoms with Crippen LogP contribution in [0.5, 0.6) is 0 Å². The van der Waals surface area contributed by atoms with Crippen molar-refractivity contribution in [3.8, 4) is 0 Å². The van der Waals surface area contributed by atoms with Crippen LogP contribution in [-0.2, 0) is 6.42 Å². The Labute approximate surface area is 130 Å². The Kier molecular flexibility index (Phi) is 4.08. The van der Waals surface area contributed by atoms with Gasteiger partial charge in [-0.1, -0.05) is 25.5 Å². The van der Waals surface area contributed by atoms with Gasteiger partial charge in [-0.2, -0.15) is 0 Å². The molecule has 22 heavy (non-hydrogen) atoms. The molecule has 2 aliphatic carbocycles. The molecule has 4 nitrogen and oxygen atoms in total. The Morgan fingerprint density at radius 2 is 2.23 bits per heavy atom. The summed E-state index contributed by atoms with van der Waals surface area (Å²) in [5, 5.41) is 15.5. The molecule has 3 N–H and O–H groups in total. The van der Waals surface area contributed by atoms with Crippen molar-refractivity contribution in [1.82, 2.24) is 10.6 Å². The number of hydrogen-bond donors (Lipinski definition) is 3. The largest absolute Gasteiger partial charge is 0.396 e. The van der Waals surface area contributed by atoms with E-state index in [1.54, 1.807) is 6.07 Å². The van der Waals surface area contributed by atoms with E-state index in [2.05, 4.69) is 10.6 Å². The number of aliphatic hydroxyl groups is 1. The van der Waals surface area contributed by atoms with Crippen molar-refractivity contribution in [2.24, 2.45) is 5.41 Å². The number of hydrogen-bond acceptors (Lipinski definition) is 2. The van der Waals surface area contributed by atoms with Crippen LogP contribution in [0.25, 0.3) is 0 Å². The van der Waals surface area contributed by atoms with Crippen molar-refractivity contribution in [1.29, 1.82) is 0 Å². The van der Waals surface area contributed by atoms with Crippen molar-refractivity contribution >= 4 is 6.03 Å². The highest BCUT2D eigenvalue weighted by Crippen LogP contribution is 2.37. The van der Waals surface area contributed by atoms with Crippen LogP contribution in [-0.4, -0.2) is 23.8 Å². The average Bonchev–Trinajstić information content (AvgIpc) is 3.06. The zero-order valence-electron chi connectivity index (χ0n) is 12.9. The predicted octanol–water partition coefficient (Wildman–Crippen LogP) is 2.66. The van der Waals surface area contributed by atoms with Crippen molar-refractivity contribution < 1.29 is 14.3 Å². The molecule has 1 saturated carbocycles. The van der Waals surface area contributed by atoms with Crippen molar-refractivity contribution in [2.45, 2.75) is 51.1 Å². The summed E-state index contributed by atoms with van der Waals surface area (Å²) in [6.07, 6.45) is 4.21. The third-order valence-corrected chi connectivity index (χ3v) is 5.27. The van der Waals surface area contributed by atoms with Gasteiger partial charge in [0.2, 0.25) is 0 Å². The lowest BCUT2D eigenvalue weighted by Gasteiger charge is -2.30. The molecule has 0 aromatic heterocycles. The van der Waals surface area contributed by atoms with Gasteiger partial charge in [-0.25, -0.2) is 9.18 Å². The molecular formula is C17H23FN2O2. The molecule has 0 bridgehead atoms. The Hall–Kier alpha value is -1.62. The van der Waals surface area contributed by atoms with E-state index in [1.807, 2.05) is 13.0 Å². The molecule has 1 fully saturated rings. The third kappa shape index (κ3) is 2.70. The van der Waals surface area contributed by atoms with Crippen molar-refractivity contribution in [3.63, 3.8) is 0 Å². The van der Waals surface area contributed by atoms with Crippen LogP contribution >= 0.6 is 0 Å². The normalized spacial score (nSPS) is 30.1. The highest BCUT2D eigenvalue weighted by molar-refractivity contribution is 5.75.